The second-order valence-electron chi connectivity index (χ2n) is 7.71. The van der Waals surface area contributed by atoms with Gasteiger partial charge in [0.2, 0.25) is 0 Å². The molecule has 0 aliphatic heterocycles. The van der Waals surface area contributed by atoms with E-state index in [1.807, 2.05) is 0 Å². The summed E-state index contributed by atoms with van der Waals surface area (Å²) in [5.41, 5.74) is 0.624. The number of rotatable bonds is 6. The lowest BCUT2D eigenvalue weighted by molar-refractivity contribution is -0.141. The van der Waals surface area contributed by atoms with Crippen molar-refractivity contribution in [2.75, 3.05) is 12.4 Å². The summed E-state index contributed by atoms with van der Waals surface area (Å²) in [6.45, 7) is 8.87. The molecule has 2 aromatic heterocycles. The molecule has 8 nitrogen and oxygen atoms in total. The van der Waals surface area contributed by atoms with E-state index in [2.05, 4.69) is 48.2 Å². The highest BCUT2D eigenvalue weighted by atomic mass is 79.9. The van der Waals surface area contributed by atoms with Crippen molar-refractivity contribution in [3.05, 3.63) is 63.7 Å². The Labute approximate surface area is 207 Å². The van der Waals surface area contributed by atoms with Gasteiger partial charge in [-0.3, -0.25) is 19.3 Å². The molecule has 2 heterocycles. The van der Waals surface area contributed by atoms with Gasteiger partial charge >= 0.3 is 6.18 Å². The van der Waals surface area contributed by atoms with Crippen LogP contribution in [0.3, 0.4) is 0 Å². The van der Waals surface area contributed by atoms with Crippen LogP contribution in [0.25, 0.3) is 10.9 Å². The minimum atomic E-state index is -4.72. The van der Waals surface area contributed by atoms with Gasteiger partial charge in [0.15, 0.2) is 0 Å². The van der Waals surface area contributed by atoms with Gasteiger partial charge in [-0.1, -0.05) is 22.5 Å². The Morgan fingerprint density at radius 1 is 1.23 bits per heavy atom. The minimum absolute atomic E-state index is 0.0398. The second kappa shape index (κ2) is 9.98. The maximum atomic E-state index is 13.4. The lowest BCUT2D eigenvalue weighted by atomic mass is 10.1. The third-order valence-electron chi connectivity index (χ3n) is 5.14. The number of fused-ring (bicyclic) bond motifs is 1. The molecular weight excluding hydrogens is 529 g/mol. The van der Waals surface area contributed by atoms with E-state index >= 15 is 0 Å². The Balaban J connectivity index is 1.95. The van der Waals surface area contributed by atoms with Crippen molar-refractivity contribution < 1.29 is 22.8 Å². The molecule has 1 aromatic carbocycles. The van der Waals surface area contributed by atoms with Gasteiger partial charge < -0.3 is 10.6 Å². The number of aryl methyl sites for hydroxylation is 1. The summed E-state index contributed by atoms with van der Waals surface area (Å²) in [4.78, 5) is 32.6. The summed E-state index contributed by atoms with van der Waals surface area (Å²) in [6, 6.07) is 5.23. The molecular formula is C23H22BrF3N6O2. The number of hydrogen-bond acceptors (Lipinski definition) is 5. The van der Waals surface area contributed by atoms with E-state index in [1.54, 1.807) is 26.8 Å². The van der Waals surface area contributed by atoms with Gasteiger partial charge in [-0.25, -0.2) is 4.98 Å². The zero-order valence-electron chi connectivity index (χ0n) is 19.3. The molecule has 0 aliphatic carbocycles. The third-order valence-corrected chi connectivity index (χ3v) is 5.63. The van der Waals surface area contributed by atoms with Crippen LogP contribution in [0, 0.1) is 13.8 Å². The number of pyridine rings is 1. The molecule has 0 bridgehead atoms. The summed E-state index contributed by atoms with van der Waals surface area (Å²) in [5.74, 6) is -1.08. The zero-order chi connectivity index (χ0) is 26.1. The lowest BCUT2D eigenvalue weighted by Crippen LogP contribution is -2.25. The topological polar surface area (TPSA) is 101 Å². The summed E-state index contributed by atoms with van der Waals surface area (Å²) in [7, 11) is 1.49. The highest BCUT2D eigenvalue weighted by Crippen LogP contribution is 2.32. The minimum Gasteiger partial charge on any atom is -0.354 e. The third kappa shape index (κ3) is 5.76. The van der Waals surface area contributed by atoms with Crippen LogP contribution in [0.5, 0.6) is 0 Å². The first-order chi connectivity index (χ1) is 16.3. The number of amides is 2. The quantitative estimate of drug-likeness (QED) is 0.430. The maximum absolute atomic E-state index is 13.4. The molecule has 0 saturated carbocycles. The van der Waals surface area contributed by atoms with Crippen molar-refractivity contribution in [3.63, 3.8) is 0 Å². The number of nitrogens with one attached hydrogen (secondary N) is 2. The van der Waals surface area contributed by atoms with Crippen molar-refractivity contribution in [2.45, 2.75) is 33.5 Å². The first-order valence-corrected chi connectivity index (χ1v) is 11.1. The molecule has 0 saturated heterocycles. The number of anilines is 1. The van der Waals surface area contributed by atoms with Crippen molar-refractivity contribution in [3.8, 4) is 0 Å². The van der Waals surface area contributed by atoms with E-state index in [4.69, 9.17) is 0 Å². The number of hydrogen-bond donors (Lipinski definition) is 2. The molecule has 0 aliphatic rings. The van der Waals surface area contributed by atoms with E-state index in [1.165, 1.54) is 23.9 Å². The summed E-state index contributed by atoms with van der Waals surface area (Å²) < 4.78 is 42.4. The van der Waals surface area contributed by atoms with E-state index < -0.39 is 17.8 Å². The Kier molecular flexibility index (Phi) is 7.44. The zero-order valence-corrected chi connectivity index (χ0v) is 20.9. The molecule has 0 radical (unpaired) electrons. The van der Waals surface area contributed by atoms with Gasteiger partial charge in [0.1, 0.15) is 11.4 Å². The Morgan fingerprint density at radius 3 is 2.54 bits per heavy atom. The molecule has 12 heteroatoms. The van der Waals surface area contributed by atoms with Gasteiger partial charge in [0, 0.05) is 16.9 Å². The Hall–Kier alpha value is -3.54. The highest BCUT2D eigenvalue weighted by molar-refractivity contribution is 9.10. The molecule has 0 atom stereocenters. The van der Waals surface area contributed by atoms with Crippen molar-refractivity contribution in [1.29, 1.82) is 0 Å². The molecule has 3 rings (SSSR count). The van der Waals surface area contributed by atoms with Crippen LogP contribution in [-0.4, -0.2) is 39.3 Å². The number of alkyl halides is 3. The van der Waals surface area contributed by atoms with Gasteiger partial charge in [0.05, 0.1) is 40.4 Å². The lowest BCUT2D eigenvalue weighted by Gasteiger charge is -2.13. The molecule has 0 unspecified atom stereocenters. The van der Waals surface area contributed by atoms with Crippen LogP contribution >= 0.6 is 15.9 Å². The fourth-order valence-electron chi connectivity index (χ4n) is 3.42. The molecule has 2 amide bonds. The Bertz CT molecular complexity index is 1380. The Morgan fingerprint density at radius 2 is 1.91 bits per heavy atom. The van der Waals surface area contributed by atoms with Gasteiger partial charge in [0.25, 0.3) is 11.8 Å². The van der Waals surface area contributed by atoms with Crippen molar-refractivity contribution >= 4 is 50.0 Å². The smallest absolute Gasteiger partial charge is 0.354 e. The average molecular weight is 551 g/mol. The van der Waals surface area contributed by atoms with Gasteiger partial charge in [-0.05, 0) is 45.0 Å². The summed E-state index contributed by atoms with van der Waals surface area (Å²) in [6.07, 6.45) is -4.72. The van der Waals surface area contributed by atoms with E-state index in [0.717, 1.165) is 6.07 Å². The van der Waals surface area contributed by atoms with Gasteiger partial charge in [-0.15, -0.1) is 0 Å². The standard InChI is InChI=1S/C23H22BrF3N6O2/c1-11(29-13(3)21(34)28-5)10-33-14(4)20(12(2)32-33)31-22(35)17-9-19(23(25,26)27)30-18-7-6-15(24)8-16(17)18/h6-9H,1,10H2,2-5H3,(H,28,34)(H,31,35). The molecule has 0 fully saturated rings. The second-order valence-corrected chi connectivity index (χ2v) is 8.63. The van der Waals surface area contributed by atoms with E-state index in [9.17, 15) is 22.8 Å². The van der Waals surface area contributed by atoms with Crippen molar-refractivity contribution in [2.24, 2.45) is 4.99 Å². The van der Waals surface area contributed by atoms with Crippen LogP contribution < -0.4 is 10.6 Å². The van der Waals surface area contributed by atoms with E-state index in [0.29, 0.717) is 27.2 Å². The number of carbonyl (C=O) groups excluding carboxylic acids is 2. The summed E-state index contributed by atoms with van der Waals surface area (Å²) >= 11 is 3.28. The highest BCUT2D eigenvalue weighted by Gasteiger charge is 2.34. The molecule has 35 heavy (non-hydrogen) atoms. The predicted molar refractivity (Wildman–Crippen MR) is 130 cm³/mol. The maximum Gasteiger partial charge on any atom is 0.433 e. The van der Waals surface area contributed by atoms with Crippen molar-refractivity contribution in [1.82, 2.24) is 20.1 Å². The number of carbonyl (C=O) groups is 2. The SMILES string of the molecule is C=C(Cn1nc(C)c(NC(=O)c2cc(C(F)(F)F)nc3ccc(Br)cc23)c1C)N=C(C)C(=O)NC. The molecule has 3 aromatic rings. The van der Waals surface area contributed by atoms with Crippen LogP contribution in [0.4, 0.5) is 18.9 Å². The first-order valence-electron chi connectivity index (χ1n) is 10.3. The fourth-order valence-corrected chi connectivity index (χ4v) is 3.78. The number of allylic oxidation sites excluding steroid dienone is 1. The van der Waals surface area contributed by atoms with E-state index in [-0.39, 0.29) is 34.6 Å². The number of nitrogens with zero attached hydrogens (tertiary/aromatic N) is 4. The molecule has 2 N–H and O–H groups in total. The van der Waals surface area contributed by atoms with Crippen LogP contribution in [0.2, 0.25) is 0 Å². The predicted octanol–water partition coefficient (Wildman–Crippen LogP) is 4.80. The summed E-state index contributed by atoms with van der Waals surface area (Å²) in [5, 5.41) is 9.79. The van der Waals surface area contributed by atoms with Crippen LogP contribution in [0.15, 0.2) is 46.0 Å². The number of aliphatic imine (C=N–C) groups is 1. The molecule has 0 spiro atoms. The van der Waals surface area contributed by atoms with Gasteiger partial charge in [-0.2, -0.15) is 18.3 Å². The fraction of sp³-hybridized carbons (Fsp3) is 0.261. The number of aromatic nitrogens is 3. The molecule has 184 valence electrons. The van der Waals surface area contributed by atoms with Crippen LogP contribution in [-0.2, 0) is 17.5 Å². The number of halogens is 4. The average Bonchev–Trinajstić information content (AvgIpc) is 3.03. The van der Waals surface area contributed by atoms with Crippen LogP contribution in [0.1, 0.15) is 34.4 Å². The monoisotopic (exact) mass is 550 g/mol. The largest absolute Gasteiger partial charge is 0.433 e. The first kappa shape index (κ1) is 26.1. The normalized spacial score (nSPS) is 12.1. The number of benzene rings is 1.